The molecule has 0 aliphatic rings. The lowest BCUT2D eigenvalue weighted by molar-refractivity contribution is 0.617. The van der Waals surface area contributed by atoms with Gasteiger partial charge in [-0.2, -0.15) is 0 Å². The molecule has 4 heteroatoms. The smallest absolute Gasteiger partial charge is 0.0932 e. The van der Waals surface area contributed by atoms with Crippen molar-refractivity contribution in [2.45, 2.75) is 12.5 Å². The van der Waals surface area contributed by atoms with Crippen LogP contribution >= 0.6 is 34.5 Å². The fourth-order valence-corrected chi connectivity index (χ4v) is 3.06. The van der Waals surface area contributed by atoms with E-state index in [1.165, 1.54) is 11.3 Å². The molecule has 0 bridgehead atoms. The summed E-state index contributed by atoms with van der Waals surface area (Å²) in [6.45, 7) is 1.94. The number of benzene rings is 1. The molecular weight excluding hydrogens is 261 g/mol. The summed E-state index contributed by atoms with van der Waals surface area (Å²) in [5, 5.41) is 0.678. The Labute approximate surface area is 109 Å². The van der Waals surface area contributed by atoms with Crippen molar-refractivity contribution in [1.82, 2.24) is 0 Å². The van der Waals surface area contributed by atoms with Crippen LogP contribution in [0.5, 0.6) is 0 Å². The second-order valence-electron chi connectivity index (χ2n) is 3.79. The van der Waals surface area contributed by atoms with Gasteiger partial charge in [-0.3, -0.25) is 0 Å². The van der Waals surface area contributed by atoms with Gasteiger partial charge in [0.25, 0.3) is 0 Å². The van der Waals surface area contributed by atoms with E-state index in [0.29, 0.717) is 5.02 Å². The zero-order chi connectivity index (χ0) is 11.8. The number of halogens is 2. The molecule has 1 atom stereocenters. The molecule has 0 spiro atoms. The van der Waals surface area contributed by atoms with Crippen LogP contribution in [0.25, 0.3) is 0 Å². The molecule has 2 rings (SSSR count). The van der Waals surface area contributed by atoms with E-state index in [9.17, 15) is 0 Å². The largest absolute Gasteiger partial charge is 0.317 e. The maximum atomic E-state index is 6.34. The zero-order valence-electron chi connectivity index (χ0n) is 8.71. The van der Waals surface area contributed by atoms with Gasteiger partial charge in [0.05, 0.1) is 9.88 Å². The number of rotatable bonds is 2. The summed E-state index contributed by atoms with van der Waals surface area (Å²) in [6, 6.07) is 11.4. The second-order valence-corrected chi connectivity index (χ2v) is 5.91. The van der Waals surface area contributed by atoms with Crippen molar-refractivity contribution in [3.8, 4) is 0 Å². The summed E-state index contributed by atoms with van der Waals surface area (Å²) in [7, 11) is 0. The maximum Gasteiger partial charge on any atom is 0.0932 e. The second kappa shape index (κ2) is 4.38. The van der Waals surface area contributed by atoms with E-state index in [1.54, 1.807) is 0 Å². The third kappa shape index (κ3) is 2.11. The molecule has 84 valence electrons. The Morgan fingerprint density at radius 3 is 2.38 bits per heavy atom. The van der Waals surface area contributed by atoms with Crippen molar-refractivity contribution in [3.63, 3.8) is 0 Å². The monoisotopic (exact) mass is 271 g/mol. The Morgan fingerprint density at radius 2 is 1.81 bits per heavy atom. The highest BCUT2D eigenvalue weighted by molar-refractivity contribution is 7.16. The molecule has 1 aromatic carbocycles. The SMILES string of the molecule is CC(N)(c1ccc(Cl)s1)c1ccccc1Cl. The molecule has 1 nitrogen and oxygen atoms in total. The topological polar surface area (TPSA) is 26.0 Å². The number of hydrogen-bond donors (Lipinski definition) is 1. The van der Waals surface area contributed by atoms with Gasteiger partial charge in [-0.05, 0) is 30.7 Å². The third-order valence-electron chi connectivity index (χ3n) is 2.52. The van der Waals surface area contributed by atoms with Crippen molar-refractivity contribution in [2.24, 2.45) is 5.73 Å². The van der Waals surface area contributed by atoms with E-state index in [2.05, 4.69) is 0 Å². The van der Waals surface area contributed by atoms with Gasteiger partial charge in [-0.25, -0.2) is 0 Å². The summed E-state index contributed by atoms with van der Waals surface area (Å²) in [6.07, 6.45) is 0. The molecule has 0 aliphatic carbocycles. The molecule has 0 radical (unpaired) electrons. The first-order valence-corrected chi connectivity index (χ1v) is 6.39. The van der Waals surface area contributed by atoms with Crippen LogP contribution in [0.1, 0.15) is 17.4 Å². The van der Waals surface area contributed by atoms with Crippen LogP contribution in [0.4, 0.5) is 0 Å². The lowest BCUT2D eigenvalue weighted by Gasteiger charge is -2.24. The van der Waals surface area contributed by atoms with E-state index in [1.807, 2.05) is 43.3 Å². The van der Waals surface area contributed by atoms with E-state index < -0.39 is 5.54 Å². The third-order valence-corrected chi connectivity index (χ3v) is 4.32. The Kier molecular flexibility index (Phi) is 3.27. The summed E-state index contributed by atoms with van der Waals surface area (Å²) in [5.74, 6) is 0. The lowest BCUT2D eigenvalue weighted by Crippen LogP contribution is -2.33. The molecule has 0 fully saturated rings. The average molecular weight is 272 g/mol. The standard InChI is InChI=1S/C12H11Cl2NS/c1-12(15,10-6-7-11(14)16-10)8-4-2-3-5-9(8)13/h2-7H,15H2,1H3. The highest BCUT2D eigenvalue weighted by Gasteiger charge is 2.27. The van der Waals surface area contributed by atoms with E-state index in [0.717, 1.165) is 14.8 Å². The average Bonchev–Trinajstić information content (AvgIpc) is 2.66. The number of thiophene rings is 1. The van der Waals surface area contributed by atoms with Gasteiger partial charge >= 0.3 is 0 Å². The lowest BCUT2D eigenvalue weighted by atomic mass is 9.91. The molecule has 1 heterocycles. The fourth-order valence-electron chi connectivity index (χ4n) is 1.61. The van der Waals surface area contributed by atoms with Gasteiger partial charge in [0.1, 0.15) is 0 Å². The van der Waals surface area contributed by atoms with Crippen molar-refractivity contribution in [3.05, 3.63) is 56.2 Å². The van der Waals surface area contributed by atoms with E-state index in [4.69, 9.17) is 28.9 Å². The Bertz CT molecular complexity index is 505. The molecule has 2 N–H and O–H groups in total. The van der Waals surface area contributed by atoms with Crippen molar-refractivity contribution >= 4 is 34.5 Å². The predicted molar refractivity (Wildman–Crippen MR) is 71.4 cm³/mol. The first kappa shape index (κ1) is 11.9. The minimum atomic E-state index is -0.601. The predicted octanol–water partition coefficient (Wildman–Crippen LogP) is 4.28. The van der Waals surface area contributed by atoms with Crippen LogP contribution in [0, 0.1) is 0 Å². The minimum absolute atomic E-state index is 0.601. The first-order valence-electron chi connectivity index (χ1n) is 4.81. The van der Waals surface area contributed by atoms with E-state index >= 15 is 0 Å². The van der Waals surface area contributed by atoms with Crippen molar-refractivity contribution in [2.75, 3.05) is 0 Å². The van der Waals surface area contributed by atoms with Gasteiger partial charge in [-0.1, -0.05) is 41.4 Å². The van der Waals surface area contributed by atoms with Crippen LogP contribution in [0.15, 0.2) is 36.4 Å². The Balaban J connectivity index is 2.50. The van der Waals surface area contributed by atoms with Gasteiger partial charge in [0.2, 0.25) is 0 Å². The van der Waals surface area contributed by atoms with Gasteiger partial charge in [0.15, 0.2) is 0 Å². The Morgan fingerprint density at radius 1 is 1.12 bits per heavy atom. The molecule has 1 unspecified atom stereocenters. The summed E-state index contributed by atoms with van der Waals surface area (Å²) in [4.78, 5) is 1.01. The summed E-state index contributed by atoms with van der Waals surface area (Å²) >= 11 is 13.6. The quantitative estimate of drug-likeness (QED) is 0.867. The van der Waals surface area contributed by atoms with Crippen molar-refractivity contribution in [1.29, 1.82) is 0 Å². The molecule has 0 aliphatic heterocycles. The van der Waals surface area contributed by atoms with Crippen LogP contribution in [-0.4, -0.2) is 0 Å². The highest BCUT2D eigenvalue weighted by atomic mass is 35.5. The normalized spacial score (nSPS) is 14.8. The van der Waals surface area contributed by atoms with Crippen LogP contribution in [0.3, 0.4) is 0 Å². The number of nitrogens with two attached hydrogens (primary N) is 1. The van der Waals surface area contributed by atoms with Crippen LogP contribution < -0.4 is 5.73 Å². The molecule has 16 heavy (non-hydrogen) atoms. The highest BCUT2D eigenvalue weighted by Crippen LogP contribution is 2.36. The van der Waals surface area contributed by atoms with Crippen LogP contribution in [-0.2, 0) is 5.54 Å². The van der Waals surface area contributed by atoms with Gasteiger partial charge in [0, 0.05) is 9.90 Å². The molecular formula is C12H11Cl2NS. The number of hydrogen-bond acceptors (Lipinski definition) is 2. The summed E-state index contributed by atoms with van der Waals surface area (Å²) < 4.78 is 0.735. The zero-order valence-corrected chi connectivity index (χ0v) is 11.0. The van der Waals surface area contributed by atoms with Crippen LogP contribution in [0.2, 0.25) is 9.36 Å². The van der Waals surface area contributed by atoms with Gasteiger partial charge < -0.3 is 5.73 Å². The van der Waals surface area contributed by atoms with Gasteiger partial charge in [-0.15, -0.1) is 11.3 Å². The molecule has 2 aromatic rings. The summed E-state index contributed by atoms with van der Waals surface area (Å²) in [5.41, 5.74) is 6.65. The van der Waals surface area contributed by atoms with Crippen molar-refractivity contribution < 1.29 is 0 Å². The molecule has 1 aromatic heterocycles. The Hall–Kier alpha value is -0.540. The fraction of sp³-hybridized carbons (Fsp3) is 0.167. The molecule has 0 saturated carbocycles. The maximum absolute atomic E-state index is 6.34. The van der Waals surface area contributed by atoms with E-state index in [-0.39, 0.29) is 0 Å². The minimum Gasteiger partial charge on any atom is -0.317 e. The molecule has 0 amide bonds. The first-order chi connectivity index (χ1) is 7.51. The molecule has 0 saturated heterocycles.